The van der Waals surface area contributed by atoms with E-state index in [1.165, 1.54) is 24.3 Å². The number of nitrogens with zero attached hydrogens (tertiary/aromatic N) is 1. The SMILES string of the molecule is CC[C@@]1(c2ccc(F)cc2)NC(=O)N(CC(=O)Nc2ccc(C(C)C)cc2)C1=O. The summed E-state index contributed by atoms with van der Waals surface area (Å²) < 4.78 is 13.3. The number of carbonyl (C=O) groups is 3. The number of hydrogen-bond acceptors (Lipinski definition) is 3. The summed E-state index contributed by atoms with van der Waals surface area (Å²) in [4.78, 5) is 38.8. The lowest BCUT2D eigenvalue weighted by molar-refractivity contribution is -0.134. The summed E-state index contributed by atoms with van der Waals surface area (Å²) in [6.07, 6.45) is 0.276. The Morgan fingerprint density at radius 3 is 2.28 bits per heavy atom. The van der Waals surface area contributed by atoms with E-state index in [4.69, 9.17) is 0 Å². The van der Waals surface area contributed by atoms with Gasteiger partial charge in [0.15, 0.2) is 0 Å². The average Bonchev–Trinajstić information content (AvgIpc) is 2.94. The third-order valence-corrected chi connectivity index (χ3v) is 5.21. The van der Waals surface area contributed by atoms with Crippen LogP contribution in [0.4, 0.5) is 14.9 Å². The van der Waals surface area contributed by atoms with Crippen LogP contribution in [-0.4, -0.2) is 29.3 Å². The van der Waals surface area contributed by atoms with Crippen molar-refractivity contribution in [3.8, 4) is 0 Å². The summed E-state index contributed by atoms with van der Waals surface area (Å²) >= 11 is 0. The van der Waals surface area contributed by atoms with Crippen molar-refractivity contribution in [3.05, 3.63) is 65.5 Å². The summed E-state index contributed by atoms with van der Waals surface area (Å²) in [5.41, 5.74) is 0.909. The molecular formula is C22H24FN3O3. The predicted octanol–water partition coefficient (Wildman–Crippen LogP) is 3.74. The summed E-state index contributed by atoms with van der Waals surface area (Å²) in [6.45, 7) is 5.50. The molecule has 0 radical (unpaired) electrons. The Hall–Kier alpha value is -3.22. The number of hydrogen-bond donors (Lipinski definition) is 2. The van der Waals surface area contributed by atoms with Crippen LogP contribution in [-0.2, 0) is 15.1 Å². The van der Waals surface area contributed by atoms with Crippen molar-refractivity contribution >= 4 is 23.5 Å². The van der Waals surface area contributed by atoms with Gasteiger partial charge >= 0.3 is 6.03 Å². The maximum Gasteiger partial charge on any atom is 0.325 e. The van der Waals surface area contributed by atoms with E-state index in [1.54, 1.807) is 19.1 Å². The average molecular weight is 397 g/mol. The van der Waals surface area contributed by atoms with Crippen LogP contribution in [0.3, 0.4) is 0 Å². The molecule has 0 unspecified atom stereocenters. The Labute approximate surface area is 169 Å². The monoisotopic (exact) mass is 397 g/mol. The Morgan fingerprint density at radius 1 is 1.10 bits per heavy atom. The number of halogens is 1. The Balaban J connectivity index is 1.73. The minimum Gasteiger partial charge on any atom is -0.325 e. The van der Waals surface area contributed by atoms with Crippen molar-refractivity contribution in [2.75, 3.05) is 11.9 Å². The number of imide groups is 1. The molecule has 1 heterocycles. The fourth-order valence-electron chi connectivity index (χ4n) is 3.44. The number of amides is 4. The van der Waals surface area contributed by atoms with E-state index in [1.807, 2.05) is 12.1 Å². The Bertz CT molecular complexity index is 925. The smallest absolute Gasteiger partial charge is 0.325 e. The van der Waals surface area contributed by atoms with Crippen LogP contribution in [0, 0.1) is 5.82 Å². The van der Waals surface area contributed by atoms with E-state index in [0.717, 1.165) is 10.5 Å². The molecule has 29 heavy (non-hydrogen) atoms. The van der Waals surface area contributed by atoms with Crippen LogP contribution in [0.15, 0.2) is 48.5 Å². The number of anilines is 1. The van der Waals surface area contributed by atoms with Crippen molar-refractivity contribution in [2.45, 2.75) is 38.6 Å². The van der Waals surface area contributed by atoms with Crippen molar-refractivity contribution in [1.82, 2.24) is 10.2 Å². The van der Waals surface area contributed by atoms with Crippen LogP contribution in [0.25, 0.3) is 0 Å². The first kappa shape index (κ1) is 20.5. The standard InChI is InChI=1S/C22H24FN3O3/c1-4-22(16-7-9-17(23)10-8-16)20(28)26(21(29)25-22)13-19(27)24-18-11-5-15(6-12-18)14(2)3/h5-12,14H,4,13H2,1-3H3,(H,24,27)(H,25,29)/t22-/m0/s1. The zero-order chi connectivity index (χ0) is 21.2. The molecule has 2 aromatic rings. The molecule has 1 aliphatic heterocycles. The van der Waals surface area contributed by atoms with Gasteiger partial charge in [0.05, 0.1) is 0 Å². The number of rotatable bonds is 6. The molecule has 1 aliphatic rings. The van der Waals surface area contributed by atoms with Crippen LogP contribution < -0.4 is 10.6 Å². The molecule has 0 aliphatic carbocycles. The molecule has 0 saturated carbocycles. The van der Waals surface area contributed by atoms with Gasteiger partial charge in [0, 0.05) is 5.69 Å². The van der Waals surface area contributed by atoms with Gasteiger partial charge in [-0.05, 0) is 47.7 Å². The molecule has 152 valence electrons. The van der Waals surface area contributed by atoms with Gasteiger partial charge in [-0.3, -0.25) is 14.5 Å². The van der Waals surface area contributed by atoms with E-state index < -0.39 is 35.7 Å². The summed E-state index contributed by atoms with van der Waals surface area (Å²) in [7, 11) is 0. The van der Waals surface area contributed by atoms with Crippen LogP contribution in [0.2, 0.25) is 0 Å². The maximum atomic E-state index is 13.3. The molecule has 1 saturated heterocycles. The van der Waals surface area contributed by atoms with Crippen LogP contribution in [0.5, 0.6) is 0 Å². The molecule has 2 aromatic carbocycles. The topological polar surface area (TPSA) is 78.5 Å². The van der Waals surface area contributed by atoms with Gasteiger partial charge < -0.3 is 10.6 Å². The second-order valence-corrected chi connectivity index (χ2v) is 7.41. The highest BCUT2D eigenvalue weighted by Crippen LogP contribution is 2.32. The number of benzene rings is 2. The zero-order valence-electron chi connectivity index (χ0n) is 16.7. The summed E-state index contributed by atoms with van der Waals surface area (Å²) in [6, 6.07) is 12.2. The molecule has 7 heteroatoms. The first-order valence-corrected chi connectivity index (χ1v) is 9.57. The second kappa shape index (κ2) is 8.03. The highest BCUT2D eigenvalue weighted by atomic mass is 19.1. The van der Waals surface area contributed by atoms with E-state index in [9.17, 15) is 18.8 Å². The normalized spacial score (nSPS) is 18.9. The van der Waals surface area contributed by atoms with Gasteiger partial charge in [0.1, 0.15) is 17.9 Å². The zero-order valence-corrected chi connectivity index (χ0v) is 16.7. The molecule has 3 rings (SSSR count). The largest absolute Gasteiger partial charge is 0.325 e. The van der Waals surface area contributed by atoms with Crippen molar-refractivity contribution in [2.24, 2.45) is 0 Å². The van der Waals surface area contributed by atoms with E-state index in [-0.39, 0.29) is 6.42 Å². The first-order valence-electron chi connectivity index (χ1n) is 9.57. The maximum absolute atomic E-state index is 13.3. The molecule has 0 spiro atoms. The lowest BCUT2D eigenvalue weighted by Crippen LogP contribution is -2.44. The van der Waals surface area contributed by atoms with Gasteiger partial charge in [-0.25, -0.2) is 9.18 Å². The molecule has 0 bridgehead atoms. The molecule has 1 fully saturated rings. The van der Waals surface area contributed by atoms with Crippen molar-refractivity contribution < 1.29 is 18.8 Å². The van der Waals surface area contributed by atoms with Gasteiger partial charge in [-0.2, -0.15) is 0 Å². The molecule has 0 aromatic heterocycles. The van der Waals surface area contributed by atoms with Crippen molar-refractivity contribution in [3.63, 3.8) is 0 Å². The summed E-state index contributed by atoms with van der Waals surface area (Å²) in [5, 5.41) is 5.38. The van der Waals surface area contributed by atoms with E-state index >= 15 is 0 Å². The van der Waals surface area contributed by atoms with Gasteiger partial charge in [-0.1, -0.05) is 45.0 Å². The van der Waals surface area contributed by atoms with Crippen molar-refractivity contribution in [1.29, 1.82) is 0 Å². The van der Waals surface area contributed by atoms with Gasteiger partial charge in [0.2, 0.25) is 5.91 Å². The lowest BCUT2D eigenvalue weighted by atomic mass is 9.87. The Morgan fingerprint density at radius 2 is 1.72 bits per heavy atom. The van der Waals surface area contributed by atoms with Gasteiger partial charge in [0.25, 0.3) is 5.91 Å². The van der Waals surface area contributed by atoms with E-state index in [0.29, 0.717) is 17.2 Å². The number of urea groups is 1. The highest BCUT2D eigenvalue weighted by molar-refractivity contribution is 6.10. The number of nitrogens with one attached hydrogen (secondary N) is 2. The molecular weight excluding hydrogens is 373 g/mol. The van der Waals surface area contributed by atoms with Crippen LogP contribution >= 0.6 is 0 Å². The molecule has 2 N–H and O–H groups in total. The van der Waals surface area contributed by atoms with E-state index in [2.05, 4.69) is 24.5 Å². The third kappa shape index (κ3) is 3.99. The van der Waals surface area contributed by atoms with Crippen LogP contribution in [0.1, 0.15) is 44.2 Å². The fraction of sp³-hybridized carbons (Fsp3) is 0.318. The minimum atomic E-state index is -1.30. The first-order chi connectivity index (χ1) is 13.8. The minimum absolute atomic E-state index is 0.276. The number of carbonyl (C=O) groups excluding carboxylic acids is 3. The fourth-order valence-corrected chi connectivity index (χ4v) is 3.44. The van der Waals surface area contributed by atoms with Gasteiger partial charge in [-0.15, -0.1) is 0 Å². The lowest BCUT2D eigenvalue weighted by Gasteiger charge is -2.25. The molecule has 6 nitrogen and oxygen atoms in total. The quantitative estimate of drug-likeness (QED) is 0.729. The third-order valence-electron chi connectivity index (χ3n) is 5.21. The second-order valence-electron chi connectivity index (χ2n) is 7.41. The summed E-state index contributed by atoms with van der Waals surface area (Å²) in [5.74, 6) is -1.06. The molecule has 4 amide bonds. The predicted molar refractivity (Wildman–Crippen MR) is 108 cm³/mol. The Kier molecular flexibility index (Phi) is 5.68. The highest BCUT2D eigenvalue weighted by Gasteiger charge is 2.51. The molecule has 1 atom stereocenters.